The Hall–Kier alpha value is -2.54. The van der Waals surface area contributed by atoms with Gasteiger partial charge in [-0.25, -0.2) is 0 Å². The molecule has 0 amide bonds. The maximum absolute atomic E-state index is 5.05. The van der Waals surface area contributed by atoms with Crippen LogP contribution in [-0.2, 0) is 4.74 Å². The van der Waals surface area contributed by atoms with Crippen LogP contribution in [0.15, 0.2) is 101 Å². The SMILES string of the molecule is C=C(/C=C(C)/C=C/C=C(C)/C=C/C1=C(C)CCCC1(C)C)OC.CC.Cc1ccccc1. The topological polar surface area (TPSA) is 9.23 Å². The molecule has 0 atom stereocenters. The third-order valence-corrected chi connectivity index (χ3v) is 5.36. The summed E-state index contributed by atoms with van der Waals surface area (Å²) in [6.45, 7) is 21.0. The number of benzene rings is 1. The minimum absolute atomic E-state index is 0.300. The summed E-state index contributed by atoms with van der Waals surface area (Å²) in [5, 5.41) is 0. The smallest absolute Gasteiger partial charge is 0.111 e. The van der Waals surface area contributed by atoms with E-state index in [0.29, 0.717) is 11.2 Å². The molecule has 1 heteroatoms. The molecule has 0 bridgehead atoms. The van der Waals surface area contributed by atoms with E-state index in [1.165, 1.54) is 41.5 Å². The number of allylic oxidation sites excluding steroid dienone is 10. The van der Waals surface area contributed by atoms with Gasteiger partial charge in [-0.15, -0.1) is 0 Å². The lowest BCUT2D eigenvalue weighted by molar-refractivity contribution is 0.308. The van der Waals surface area contributed by atoms with E-state index in [2.05, 4.69) is 83.7 Å². The molecular weight excluding hydrogens is 388 g/mol. The second-order valence-corrected chi connectivity index (χ2v) is 8.75. The van der Waals surface area contributed by atoms with Crippen molar-refractivity contribution in [2.24, 2.45) is 5.41 Å². The van der Waals surface area contributed by atoms with Crippen molar-refractivity contribution in [3.8, 4) is 0 Å². The fourth-order valence-electron chi connectivity index (χ4n) is 3.53. The van der Waals surface area contributed by atoms with E-state index in [1.54, 1.807) is 7.11 Å². The average Bonchev–Trinajstić information content (AvgIpc) is 2.75. The zero-order valence-corrected chi connectivity index (χ0v) is 22.1. The van der Waals surface area contributed by atoms with Gasteiger partial charge in [0.25, 0.3) is 0 Å². The minimum atomic E-state index is 0.300. The predicted molar refractivity (Wildman–Crippen MR) is 145 cm³/mol. The van der Waals surface area contributed by atoms with Crippen LogP contribution in [0.3, 0.4) is 0 Å². The minimum Gasteiger partial charge on any atom is -0.497 e. The van der Waals surface area contributed by atoms with Gasteiger partial charge in [0.1, 0.15) is 5.76 Å². The van der Waals surface area contributed by atoms with E-state index >= 15 is 0 Å². The van der Waals surface area contributed by atoms with Crippen LogP contribution in [0.25, 0.3) is 0 Å². The van der Waals surface area contributed by atoms with Crippen molar-refractivity contribution in [3.63, 3.8) is 0 Å². The molecule has 0 saturated heterocycles. The summed E-state index contributed by atoms with van der Waals surface area (Å²) in [6.07, 6.45) is 16.6. The highest BCUT2D eigenvalue weighted by Crippen LogP contribution is 2.40. The molecule has 0 saturated carbocycles. The molecule has 0 heterocycles. The first-order chi connectivity index (χ1) is 15.2. The van der Waals surface area contributed by atoms with E-state index in [-0.39, 0.29) is 0 Å². The molecule has 1 aliphatic carbocycles. The van der Waals surface area contributed by atoms with E-state index in [0.717, 1.165) is 5.57 Å². The quantitative estimate of drug-likeness (QED) is 0.320. The summed E-state index contributed by atoms with van der Waals surface area (Å²) >= 11 is 0. The summed E-state index contributed by atoms with van der Waals surface area (Å²) < 4.78 is 5.05. The maximum atomic E-state index is 5.05. The zero-order chi connectivity index (χ0) is 24.6. The number of ether oxygens (including phenoxy) is 1. The van der Waals surface area contributed by atoms with Gasteiger partial charge >= 0.3 is 0 Å². The van der Waals surface area contributed by atoms with Crippen molar-refractivity contribution < 1.29 is 4.74 Å². The van der Waals surface area contributed by atoms with Crippen LogP contribution in [0.1, 0.15) is 73.3 Å². The van der Waals surface area contributed by atoms with Gasteiger partial charge in [0.2, 0.25) is 0 Å². The highest BCUT2D eigenvalue weighted by atomic mass is 16.5. The van der Waals surface area contributed by atoms with Crippen molar-refractivity contribution in [2.75, 3.05) is 7.11 Å². The Kier molecular flexibility index (Phi) is 14.9. The van der Waals surface area contributed by atoms with E-state index in [4.69, 9.17) is 4.74 Å². The van der Waals surface area contributed by atoms with Crippen LogP contribution in [0.5, 0.6) is 0 Å². The molecule has 0 N–H and O–H groups in total. The highest BCUT2D eigenvalue weighted by Gasteiger charge is 2.26. The van der Waals surface area contributed by atoms with Crippen LogP contribution in [0, 0.1) is 12.3 Å². The lowest BCUT2D eigenvalue weighted by Crippen LogP contribution is -2.19. The summed E-state index contributed by atoms with van der Waals surface area (Å²) in [7, 11) is 1.63. The van der Waals surface area contributed by atoms with Gasteiger partial charge in [-0.1, -0.05) is 112 Å². The standard InChI is InChI=1S/C22H32O.C7H8.C2H6/c1-17(10-8-11-18(2)16-20(4)23-7)13-14-21-19(3)12-9-15-22(21,5)6;1-7-5-3-2-4-6-7;1-2/h8,10-11,13-14,16H,4,9,12,15H2,1-3,5-7H3;2-6H,1H3;1-2H3/b11-8+,14-13+,17-10+,18-16+;;. The van der Waals surface area contributed by atoms with Gasteiger partial charge in [-0.05, 0) is 69.6 Å². The van der Waals surface area contributed by atoms with Crippen molar-refractivity contribution in [3.05, 3.63) is 107 Å². The Balaban J connectivity index is 0.000000889. The Morgan fingerprint density at radius 2 is 1.62 bits per heavy atom. The second-order valence-electron chi connectivity index (χ2n) is 8.75. The number of hydrogen-bond donors (Lipinski definition) is 0. The molecule has 0 aliphatic heterocycles. The van der Waals surface area contributed by atoms with Crippen molar-refractivity contribution in [1.82, 2.24) is 0 Å². The lowest BCUT2D eigenvalue weighted by atomic mass is 9.72. The molecule has 1 aromatic rings. The molecule has 1 nitrogen and oxygen atoms in total. The van der Waals surface area contributed by atoms with Crippen LogP contribution in [0.2, 0.25) is 0 Å². The lowest BCUT2D eigenvalue weighted by Gasteiger charge is -2.32. The third-order valence-electron chi connectivity index (χ3n) is 5.36. The summed E-state index contributed by atoms with van der Waals surface area (Å²) in [5.74, 6) is 0.676. The Labute approximate surface area is 199 Å². The van der Waals surface area contributed by atoms with Gasteiger partial charge in [-0.3, -0.25) is 0 Å². The number of rotatable bonds is 6. The molecule has 32 heavy (non-hydrogen) atoms. The van der Waals surface area contributed by atoms with Gasteiger partial charge in [-0.2, -0.15) is 0 Å². The monoisotopic (exact) mass is 434 g/mol. The molecule has 176 valence electrons. The summed E-state index contributed by atoms with van der Waals surface area (Å²) in [4.78, 5) is 0. The fraction of sp³-hybridized carbons (Fsp3) is 0.419. The van der Waals surface area contributed by atoms with E-state index in [9.17, 15) is 0 Å². The van der Waals surface area contributed by atoms with Gasteiger partial charge in [0.15, 0.2) is 0 Å². The third kappa shape index (κ3) is 12.3. The maximum Gasteiger partial charge on any atom is 0.111 e. The highest BCUT2D eigenvalue weighted by molar-refractivity contribution is 5.37. The normalized spacial score (nSPS) is 16.3. The molecule has 0 radical (unpaired) electrons. The van der Waals surface area contributed by atoms with Gasteiger partial charge in [0.05, 0.1) is 7.11 Å². The fourth-order valence-corrected chi connectivity index (χ4v) is 3.53. The first-order valence-corrected chi connectivity index (χ1v) is 11.8. The molecular formula is C31H46O. The zero-order valence-electron chi connectivity index (χ0n) is 22.1. The van der Waals surface area contributed by atoms with Gasteiger partial charge in [0, 0.05) is 0 Å². The number of hydrogen-bond acceptors (Lipinski definition) is 1. The molecule has 0 spiro atoms. The van der Waals surface area contributed by atoms with Crippen LogP contribution in [-0.4, -0.2) is 7.11 Å². The Bertz CT molecular complexity index is 826. The molecule has 2 rings (SSSR count). The average molecular weight is 435 g/mol. The van der Waals surface area contributed by atoms with Gasteiger partial charge < -0.3 is 4.74 Å². The summed E-state index contributed by atoms with van der Waals surface area (Å²) in [5.41, 5.74) is 7.04. The number of aryl methyl sites for hydroxylation is 1. The predicted octanol–water partition coefficient (Wildman–Crippen LogP) is 9.70. The number of methoxy groups -OCH3 is 1. The largest absolute Gasteiger partial charge is 0.497 e. The first kappa shape index (κ1) is 29.5. The molecule has 1 aromatic carbocycles. The molecule has 0 unspecified atom stereocenters. The van der Waals surface area contributed by atoms with E-state index < -0.39 is 0 Å². The summed E-state index contributed by atoms with van der Waals surface area (Å²) in [6, 6.07) is 10.3. The molecule has 0 aromatic heterocycles. The first-order valence-electron chi connectivity index (χ1n) is 11.8. The van der Waals surface area contributed by atoms with Crippen molar-refractivity contribution >= 4 is 0 Å². The van der Waals surface area contributed by atoms with Crippen LogP contribution < -0.4 is 0 Å². The molecule has 0 fully saturated rings. The van der Waals surface area contributed by atoms with E-state index in [1.807, 2.05) is 45.0 Å². The van der Waals surface area contributed by atoms with Crippen LogP contribution >= 0.6 is 0 Å². The molecule has 1 aliphatic rings. The Morgan fingerprint density at radius 1 is 1.00 bits per heavy atom. The van der Waals surface area contributed by atoms with Crippen LogP contribution in [0.4, 0.5) is 0 Å². The second kappa shape index (κ2) is 16.1. The van der Waals surface area contributed by atoms with Crippen molar-refractivity contribution in [1.29, 1.82) is 0 Å². The van der Waals surface area contributed by atoms with Crippen molar-refractivity contribution in [2.45, 2.75) is 74.7 Å². The Morgan fingerprint density at radius 3 is 2.12 bits per heavy atom.